The van der Waals surface area contributed by atoms with Crippen LogP contribution in [0.25, 0.3) is 0 Å². The van der Waals surface area contributed by atoms with Crippen molar-refractivity contribution in [2.45, 2.75) is 39.2 Å². The van der Waals surface area contributed by atoms with Gasteiger partial charge < -0.3 is 9.84 Å². The van der Waals surface area contributed by atoms with Crippen LogP contribution in [0.4, 0.5) is 0 Å². The Labute approximate surface area is 73.7 Å². The molecule has 2 atom stereocenters. The molecular weight excluding hydrogens is 156 g/mol. The second-order valence-electron chi connectivity index (χ2n) is 3.48. The van der Waals surface area contributed by atoms with Gasteiger partial charge in [0, 0.05) is 0 Å². The lowest BCUT2D eigenvalue weighted by molar-refractivity contribution is -0.162. The Morgan fingerprint density at radius 3 is 2.50 bits per heavy atom. The van der Waals surface area contributed by atoms with Crippen molar-refractivity contribution in [3.8, 4) is 0 Å². The lowest BCUT2D eigenvalue weighted by atomic mass is 9.92. The number of methoxy groups -OCH3 is 1. The lowest BCUT2D eigenvalue weighted by Gasteiger charge is -2.23. The van der Waals surface area contributed by atoms with Gasteiger partial charge in [0.25, 0.3) is 0 Å². The van der Waals surface area contributed by atoms with Crippen LogP contribution in [0.15, 0.2) is 0 Å². The fourth-order valence-corrected chi connectivity index (χ4v) is 1.13. The average molecular weight is 174 g/mol. The molecule has 1 N–H and O–H groups in total. The Hall–Kier alpha value is -0.570. The standard InChI is InChI=1S/C9H18O3/c1-5-7(2)6-9(3,11)8(10)12-4/h7,11H,5-6H2,1-4H3. The van der Waals surface area contributed by atoms with Crippen LogP contribution in [0.5, 0.6) is 0 Å². The fraction of sp³-hybridized carbons (Fsp3) is 0.889. The molecule has 3 heteroatoms. The first-order valence-electron chi connectivity index (χ1n) is 4.24. The molecule has 0 spiro atoms. The summed E-state index contributed by atoms with van der Waals surface area (Å²) in [5, 5.41) is 9.61. The number of rotatable bonds is 4. The van der Waals surface area contributed by atoms with Gasteiger partial charge in [0.15, 0.2) is 5.60 Å². The van der Waals surface area contributed by atoms with Gasteiger partial charge in [0.05, 0.1) is 7.11 Å². The Bertz CT molecular complexity index is 152. The summed E-state index contributed by atoms with van der Waals surface area (Å²) in [5.41, 5.74) is -1.33. The number of carbonyl (C=O) groups is 1. The molecule has 0 saturated carbocycles. The second kappa shape index (κ2) is 4.45. The molecule has 0 radical (unpaired) electrons. The minimum Gasteiger partial charge on any atom is -0.467 e. The quantitative estimate of drug-likeness (QED) is 0.654. The highest BCUT2D eigenvalue weighted by Crippen LogP contribution is 2.19. The maximum Gasteiger partial charge on any atom is 0.337 e. The number of ether oxygens (including phenoxy) is 1. The normalized spacial score (nSPS) is 18.1. The van der Waals surface area contributed by atoms with Gasteiger partial charge in [-0.05, 0) is 19.3 Å². The van der Waals surface area contributed by atoms with Crippen LogP contribution in [0.3, 0.4) is 0 Å². The van der Waals surface area contributed by atoms with Crippen molar-refractivity contribution in [2.75, 3.05) is 7.11 Å². The first-order valence-corrected chi connectivity index (χ1v) is 4.24. The van der Waals surface area contributed by atoms with Crippen molar-refractivity contribution in [1.29, 1.82) is 0 Å². The molecule has 72 valence electrons. The molecule has 12 heavy (non-hydrogen) atoms. The van der Waals surface area contributed by atoms with E-state index in [9.17, 15) is 9.90 Å². The zero-order valence-corrected chi connectivity index (χ0v) is 8.26. The minimum absolute atomic E-state index is 0.332. The van der Waals surface area contributed by atoms with E-state index in [0.29, 0.717) is 12.3 Å². The third-order valence-corrected chi connectivity index (χ3v) is 2.07. The maximum atomic E-state index is 11.0. The van der Waals surface area contributed by atoms with E-state index in [-0.39, 0.29) is 0 Å². The Morgan fingerprint density at radius 1 is 1.67 bits per heavy atom. The molecule has 0 rings (SSSR count). The number of hydrogen-bond donors (Lipinski definition) is 1. The maximum absolute atomic E-state index is 11.0. The van der Waals surface area contributed by atoms with E-state index in [4.69, 9.17) is 0 Å². The summed E-state index contributed by atoms with van der Waals surface area (Å²) in [5.74, 6) is -0.220. The zero-order chi connectivity index (χ0) is 9.78. The summed E-state index contributed by atoms with van der Waals surface area (Å²) in [6.45, 7) is 5.51. The van der Waals surface area contributed by atoms with E-state index in [1.165, 1.54) is 14.0 Å². The predicted molar refractivity (Wildman–Crippen MR) is 46.7 cm³/mol. The SMILES string of the molecule is CCC(C)CC(C)(O)C(=O)OC. The molecule has 0 aromatic carbocycles. The van der Waals surface area contributed by atoms with Crippen molar-refractivity contribution < 1.29 is 14.6 Å². The molecule has 0 saturated heterocycles. The summed E-state index contributed by atoms with van der Waals surface area (Å²) >= 11 is 0. The topological polar surface area (TPSA) is 46.5 Å². The van der Waals surface area contributed by atoms with E-state index in [2.05, 4.69) is 4.74 Å². The molecule has 0 amide bonds. The van der Waals surface area contributed by atoms with Gasteiger partial charge in [0.2, 0.25) is 0 Å². The Kier molecular flexibility index (Phi) is 4.24. The van der Waals surface area contributed by atoms with Crippen molar-refractivity contribution in [1.82, 2.24) is 0 Å². The van der Waals surface area contributed by atoms with Crippen LogP contribution >= 0.6 is 0 Å². The summed E-state index contributed by atoms with van der Waals surface area (Å²) in [4.78, 5) is 11.0. The second-order valence-corrected chi connectivity index (χ2v) is 3.48. The minimum atomic E-state index is -1.33. The summed E-state index contributed by atoms with van der Waals surface area (Å²) in [6, 6.07) is 0. The number of esters is 1. The van der Waals surface area contributed by atoms with Crippen molar-refractivity contribution in [2.24, 2.45) is 5.92 Å². The molecule has 0 heterocycles. The summed E-state index contributed by atoms with van der Waals surface area (Å²) in [6.07, 6.45) is 1.41. The van der Waals surface area contributed by atoms with Crippen LogP contribution in [-0.4, -0.2) is 23.8 Å². The molecule has 0 fully saturated rings. The molecule has 0 aliphatic rings. The van der Waals surface area contributed by atoms with E-state index in [0.717, 1.165) is 6.42 Å². The highest BCUT2D eigenvalue weighted by Gasteiger charge is 2.32. The fourth-order valence-electron chi connectivity index (χ4n) is 1.13. The first-order chi connectivity index (χ1) is 5.44. The Morgan fingerprint density at radius 2 is 2.17 bits per heavy atom. The van der Waals surface area contributed by atoms with Crippen molar-refractivity contribution in [3.63, 3.8) is 0 Å². The number of aliphatic hydroxyl groups is 1. The third-order valence-electron chi connectivity index (χ3n) is 2.07. The van der Waals surface area contributed by atoms with Crippen molar-refractivity contribution in [3.05, 3.63) is 0 Å². The highest BCUT2D eigenvalue weighted by molar-refractivity contribution is 5.78. The van der Waals surface area contributed by atoms with Crippen LogP contribution < -0.4 is 0 Å². The van der Waals surface area contributed by atoms with Gasteiger partial charge in [-0.3, -0.25) is 0 Å². The zero-order valence-electron chi connectivity index (χ0n) is 8.26. The van der Waals surface area contributed by atoms with Crippen LogP contribution in [0.1, 0.15) is 33.6 Å². The smallest absolute Gasteiger partial charge is 0.337 e. The first kappa shape index (κ1) is 11.4. The number of hydrogen-bond acceptors (Lipinski definition) is 3. The molecule has 3 nitrogen and oxygen atoms in total. The molecular formula is C9H18O3. The van der Waals surface area contributed by atoms with E-state index >= 15 is 0 Å². The summed E-state index contributed by atoms with van der Waals surface area (Å²) < 4.78 is 4.47. The molecule has 2 unspecified atom stereocenters. The van der Waals surface area contributed by atoms with Gasteiger partial charge in [-0.15, -0.1) is 0 Å². The van der Waals surface area contributed by atoms with Gasteiger partial charge >= 0.3 is 5.97 Å². The van der Waals surface area contributed by atoms with Gasteiger partial charge in [-0.1, -0.05) is 20.3 Å². The van der Waals surface area contributed by atoms with Crippen LogP contribution in [0, 0.1) is 5.92 Å². The molecule has 0 aromatic rings. The molecule has 0 aromatic heterocycles. The lowest BCUT2D eigenvalue weighted by Crippen LogP contribution is -2.37. The number of carbonyl (C=O) groups excluding carboxylic acids is 1. The third kappa shape index (κ3) is 3.22. The van der Waals surface area contributed by atoms with Gasteiger partial charge in [0.1, 0.15) is 0 Å². The van der Waals surface area contributed by atoms with E-state index < -0.39 is 11.6 Å². The molecule has 0 bridgehead atoms. The largest absolute Gasteiger partial charge is 0.467 e. The molecule has 0 aliphatic heterocycles. The van der Waals surface area contributed by atoms with Crippen molar-refractivity contribution >= 4 is 5.97 Å². The Balaban J connectivity index is 4.11. The molecule has 0 aliphatic carbocycles. The van der Waals surface area contributed by atoms with Crippen LogP contribution in [0.2, 0.25) is 0 Å². The highest BCUT2D eigenvalue weighted by atomic mass is 16.5. The van der Waals surface area contributed by atoms with Crippen LogP contribution in [-0.2, 0) is 9.53 Å². The average Bonchev–Trinajstić information content (AvgIpc) is 2.02. The predicted octanol–water partition coefficient (Wildman–Crippen LogP) is 1.35. The van der Waals surface area contributed by atoms with Gasteiger partial charge in [-0.25, -0.2) is 4.79 Å². The van der Waals surface area contributed by atoms with Gasteiger partial charge in [-0.2, -0.15) is 0 Å². The monoisotopic (exact) mass is 174 g/mol. The summed E-state index contributed by atoms with van der Waals surface area (Å²) in [7, 11) is 1.29. The van der Waals surface area contributed by atoms with E-state index in [1.807, 2.05) is 13.8 Å². The van der Waals surface area contributed by atoms with E-state index in [1.54, 1.807) is 0 Å².